The quantitative estimate of drug-likeness (QED) is 0.674. The molecule has 0 fully saturated rings. The number of nitrogens with one attached hydrogen (secondary N) is 1. The summed E-state index contributed by atoms with van der Waals surface area (Å²) in [4.78, 5) is 0. The Morgan fingerprint density at radius 1 is 1.12 bits per heavy atom. The lowest BCUT2D eigenvalue weighted by molar-refractivity contribution is -0.137. The van der Waals surface area contributed by atoms with Crippen molar-refractivity contribution in [3.05, 3.63) is 52.5 Å². The lowest BCUT2D eigenvalue weighted by Gasteiger charge is -2.17. The van der Waals surface area contributed by atoms with E-state index < -0.39 is 22.4 Å². The second-order valence-corrected chi connectivity index (χ2v) is 6.64. The highest BCUT2D eigenvalue weighted by molar-refractivity contribution is 6.32. The largest absolute Gasteiger partial charge is 0.417 e. The molecule has 3 nitrogen and oxygen atoms in total. The lowest BCUT2D eigenvalue weighted by Crippen LogP contribution is -2.21. The van der Waals surface area contributed by atoms with Gasteiger partial charge < -0.3 is 16.2 Å². The molecule has 2 aromatic carbocycles. The average Bonchev–Trinajstić information content (AvgIpc) is 2.42. The van der Waals surface area contributed by atoms with Gasteiger partial charge in [0.15, 0.2) is 0 Å². The van der Waals surface area contributed by atoms with Crippen molar-refractivity contribution in [1.29, 1.82) is 0 Å². The Morgan fingerprint density at radius 3 is 2.21 bits per heavy atom. The van der Waals surface area contributed by atoms with Crippen LogP contribution < -0.4 is 11.1 Å². The van der Waals surface area contributed by atoms with Crippen molar-refractivity contribution in [2.75, 3.05) is 11.1 Å². The van der Waals surface area contributed by atoms with Crippen LogP contribution in [0.2, 0.25) is 5.02 Å². The van der Waals surface area contributed by atoms with Crippen molar-refractivity contribution in [2.24, 2.45) is 0 Å². The molecule has 0 spiro atoms. The van der Waals surface area contributed by atoms with Crippen molar-refractivity contribution in [2.45, 2.75) is 32.0 Å². The molecule has 0 heterocycles. The normalized spacial score (nSPS) is 12.3. The van der Waals surface area contributed by atoms with Crippen LogP contribution in [0.4, 0.5) is 30.2 Å². The van der Waals surface area contributed by atoms with Gasteiger partial charge in [0, 0.05) is 12.1 Å². The lowest BCUT2D eigenvalue weighted by atomic mass is 9.99. The van der Waals surface area contributed by atoms with E-state index >= 15 is 0 Å². The minimum absolute atomic E-state index is 0.0488. The van der Waals surface area contributed by atoms with E-state index in [2.05, 4.69) is 5.32 Å². The topological polar surface area (TPSA) is 58.3 Å². The summed E-state index contributed by atoms with van der Waals surface area (Å²) in [6.07, 6.45) is -4.07. The third-order valence-corrected chi connectivity index (χ3v) is 3.63. The molecule has 0 aliphatic rings. The second-order valence-electron chi connectivity index (χ2n) is 6.23. The molecule has 0 bridgehead atoms. The maximum absolute atomic E-state index is 12.8. The van der Waals surface area contributed by atoms with E-state index in [4.69, 9.17) is 17.3 Å². The molecule has 7 heteroatoms. The van der Waals surface area contributed by atoms with Gasteiger partial charge >= 0.3 is 6.18 Å². The van der Waals surface area contributed by atoms with Gasteiger partial charge in [-0.25, -0.2) is 0 Å². The number of hydrogen-bond donors (Lipinski definition) is 3. The maximum atomic E-state index is 12.8. The van der Waals surface area contributed by atoms with E-state index in [9.17, 15) is 18.3 Å². The van der Waals surface area contributed by atoms with E-state index in [1.807, 2.05) is 12.1 Å². The number of halogens is 4. The predicted octanol–water partition coefficient (Wildman–Crippen LogP) is 5.00. The van der Waals surface area contributed by atoms with Gasteiger partial charge in [0.2, 0.25) is 0 Å². The van der Waals surface area contributed by atoms with Crippen LogP contribution in [0.15, 0.2) is 36.4 Å². The highest BCUT2D eigenvalue weighted by Gasteiger charge is 2.33. The summed E-state index contributed by atoms with van der Waals surface area (Å²) in [5.74, 6) is 0. The zero-order valence-corrected chi connectivity index (χ0v) is 14.0. The van der Waals surface area contributed by atoms with Gasteiger partial charge in [0.1, 0.15) is 0 Å². The summed E-state index contributed by atoms with van der Waals surface area (Å²) in [6.45, 7) is 3.42. The van der Waals surface area contributed by atoms with Gasteiger partial charge in [0.05, 0.1) is 27.6 Å². The molecule has 0 aliphatic heterocycles. The summed E-state index contributed by atoms with van der Waals surface area (Å²) in [5.41, 5.74) is 5.74. The Morgan fingerprint density at radius 2 is 1.71 bits per heavy atom. The van der Waals surface area contributed by atoms with E-state index in [-0.39, 0.29) is 5.69 Å². The van der Waals surface area contributed by atoms with Gasteiger partial charge in [-0.15, -0.1) is 0 Å². The molecule has 0 aromatic heterocycles. The number of hydrogen-bond acceptors (Lipinski definition) is 3. The average molecular weight is 359 g/mol. The fourth-order valence-corrected chi connectivity index (χ4v) is 2.55. The van der Waals surface area contributed by atoms with Crippen molar-refractivity contribution in [3.63, 3.8) is 0 Å². The third kappa shape index (κ3) is 4.79. The zero-order valence-electron chi connectivity index (χ0n) is 13.2. The molecular formula is C17H18ClF3N2O. The van der Waals surface area contributed by atoms with Crippen molar-refractivity contribution in [1.82, 2.24) is 0 Å². The van der Waals surface area contributed by atoms with Gasteiger partial charge in [-0.1, -0.05) is 23.7 Å². The van der Waals surface area contributed by atoms with Gasteiger partial charge in [-0.05, 0) is 43.7 Å². The minimum atomic E-state index is -4.55. The van der Waals surface area contributed by atoms with Crippen LogP contribution in [0.25, 0.3) is 0 Å². The zero-order chi connectivity index (χ0) is 18.1. The van der Waals surface area contributed by atoms with E-state index in [0.717, 1.165) is 17.7 Å². The first-order chi connectivity index (χ1) is 11.0. The van der Waals surface area contributed by atoms with Crippen LogP contribution in [0.5, 0.6) is 0 Å². The Hall–Kier alpha value is -1.92. The van der Waals surface area contributed by atoms with Crippen LogP contribution in [0.3, 0.4) is 0 Å². The van der Waals surface area contributed by atoms with Crippen molar-refractivity contribution >= 4 is 28.7 Å². The standard InChI is InChI=1S/C17H18ClF3N2O/c1-16(2,24)9-10-3-5-11(6-4-10)23-15-8-13(18)12(7-14(15)22)17(19,20)21/h3-8,23-24H,9,22H2,1-2H3. The highest BCUT2D eigenvalue weighted by atomic mass is 35.5. The molecule has 2 aromatic rings. The summed E-state index contributed by atoms with van der Waals surface area (Å²) in [5, 5.41) is 12.3. The first-order valence-electron chi connectivity index (χ1n) is 7.20. The molecule has 0 radical (unpaired) electrons. The smallest absolute Gasteiger partial charge is 0.397 e. The summed E-state index contributed by atoms with van der Waals surface area (Å²) in [7, 11) is 0. The monoisotopic (exact) mass is 358 g/mol. The number of nitrogens with two attached hydrogens (primary N) is 1. The Kier molecular flexibility index (Phi) is 5.01. The summed E-state index contributed by atoms with van der Waals surface area (Å²) >= 11 is 5.71. The maximum Gasteiger partial charge on any atom is 0.417 e. The molecule has 130 valence electrons. The van der Waals surface area contributed by atoms with E-state index in [1.54, 1.807) is 26.0 Å². The molecule has 4 N–H and O–H groups in total. The second kappa shape index (κ2) is 6.53. The number of alkyl halides is 3. The van der Waals surface area contributed by atoms with Crippen LogP contribution in [-0.2, 0) is 12.6 Å². The van der Waals surface area contributed by atoms with Crippen LogP contribution >= 0.6 is 11.6 Å². The molecule has 0 amide bonds. The number of anilines is 3. The van der Waals surface area contributed by atoms with Crippen molar-refractivity contribution in [3.8, 4) is 0 Å². The summed E-state index contributed by atoms with van der Waals surface area (Å²) in [6, 6.07) is 9.13. The molecule has 24 heavy (non-hydrogen) atoms. The van der Waals surface area contributed by atoms with Gasteiger partial charge in [-0.2, -0.15) is 13.2 Å². The summed E-state index contributed by atoms with van der Waals surface area (Å²) < 4.78 is 38.4. The number of rotatable bonds is 4. The van der Waals surface area contributed by atoms with Crippen LogP contribution in [-0.4, -0.2) is 10.7 Å². The van der Waals surface area contributed by atoms with Crippen molar-refractivity contribution < 1.29 is 18.3 Å². The SMILES string of the molecule is CC(C)(O)Cc1ccc(Nc2cc(Cl)c(C(F)(F)F)cc2N)cc1. The fourth-order valence-electron chi connectivity index (χ4n) is 2.28. The Bertz CT molecular complexity index is 722. The fraction of sp³-hybridized carbons (Fsp3) is 0.294. The first kappa shape index (κ1) is 18.4. The van der Waals surface area contributed by atoms with Gasteiger partial charge in [0.25, 0.3) is 0 Å². The van der Waals surface area contributed by atoms with E-state index in [1.165, 1.54) is 0 Å². The number of nitrogen functional groups attached to an aromatic ring is 1. The Balaban J connectivity index is 2.21. The highest BCUT2D eigenvalue weighted by Crippen LogP contribution is 2.39. The van der Waals surface area contributed by atoms with E-state index in [0.29, 0.717) is 17.8 Å². The molecule has 0 unspecified atom stereocenters. The first-order valence-corrected chi connectivity index (χ1v) is 7.58. The molecule has 0 saturated heterocycles. The number of aliphatic hydroxyl groups is 1. The Labute approximate surface area is 143 Å². The molecule has 0 saturated carbocycles. The number of benzene rings is 2. The molecule has 2 rings (SSSR count). The third-order valence-electron chi connectivity index (χ3n) is 3.31. The molecular weight excluding hydrogens is 341 g/mol. The van der Waals surface area contributed by atoms with Crippen LogP contribution in [0.1, 0.15) is 25.0 Å². The predicted molar refractivity (Wildman–Crippen MR) is 90.6 cm³/mol. The molecule has 0 atom stereocenters. The van der Waals surface area contributed by atoms with Gasteiger partial charge in [-0.3, -0.25) is 0 Å². The molecule has 0 aliphatic carbocycles. The minimum Gasteiger partial charge on any atom is -0.397 e. The van der Waals surface area contributed by atoms with Crippen LogP contribution in [0, 0.1) is 0 Å².